The van der Waals surface area contributed by atoms with Crippen LogP contribution in [-0.4, -0.2) is 43.6 Å². The molecule has 1 aliphatic heterocycles. The van der Waals surface area contributed by atoms with E-state index in [4.69, 9.17) is 5.73 Å². The first-order chi connectivity index (χ1) is 9.95. The Morgan fingerprint density at radius 2 is 2.24 bits per heavy atom. The van der Waals surface area contributed by atoms with Crippen LogP contribution >= 0.6 is 0 Å². The van der Waals surface area contributed by atoms with Crippen LogP contribution in [0.25, 0.3) is 0 Å². The van der Waals surface area contributed by atoms with Crippen LogP contribution in [0.1, 0.15) is 18.4 Å². The van der Waals surface area contributed by atoms with Crippen LogP contribution in [-0.2, 0) is 10.0 Å². The van der Waals surface area contributed by atoms with Crippen LogP contribution in [0.4, 0.5) is 4.39 Å². The maximum atomic E-state index is 13.3. The first-order valence-corrected chi connectivity index (χ1v) is 8.06. The van der Waals surface area contributed by atoms with E-state index in [2.05, 4.69) is 11.8 Å². The van der Waals surface area contributed by atoms with Crippen LogP contribution in [0.2, 0.25) is 0 Å². The molecule has 0 saturated carbocycles. The summed E-state index contributed by atoms with van der Waals surface area (Å²) in [7, 11) is -3.81. The zero-order valence-corrected chi connectivity index (χ0v) is 12.2. The Labute approximate surface area is 123 Å². The molecule has 1 saturated heterocycles. The van der Waals surface area contributed by atoms with Gasteiger partial charge < -0.3 is 10.8 Å². The normalized spacial score (nSPS) is 19.9. The molecule has 3 N–H and O–H groups in total. The first kappa shape index (κ1) is 15.9. The van der Waals surface area contributed by atoms with Gasteiger partial charge in [-0.25, -0.2) is 12.8 Å². The minimum Gasteiger partial charge on any atom is -0.392 e. The van der Waals surface area contributed by atoms with Gasteiger partial charge >= 0.3 is 0 Å². The van der Waals surface area contributed by atoms with Gasteiger partial charge in [-0.05, 0) is 31.0 Å². The lowest BCUT2D eigenvalue weighted by Crippen LogP contribution is -2.42. The van der Waals surface area contributed by atoms with Crippen LogP contribution < -0.4 is 5.73 Å². The van der Waals surface area contributed by atoms with Crippen molar-refractivity contribution in [3.8, 4) is 11.8 Å². The molecule has 1 aromatic carbocycles. The minimum absolute atomic E-state index is 0.0451. The highest BCUT2D eigenvalue weighted by atomic mass is 32.2. The lowest BCUT2D eigenvalue weighted by molar-refractivity contribution is 0.108. The summed E-state index contributed by atoms with van der Waals surface area (Å²) in [5.74, 6) is 4.56. The number of β-amino-alcohol motifs (C(OH)–C–C–N with tert-alkyl or cyclic N) is 1. The highest BCUT2D eigenvalue weighted by Crippen LogP contribution is 2.24. The van der Waals surface area contributed by atoms with Gasteiger partial charge in [0.05, 0.1) is 17.5 Å². The number of hydrogen-bond donors (Lipinski definition) is 2. The van der Waals surface area contributed by atoms with E-state index in [-0.39, 0.29) is 23.5 Å². The van der Waals surface area contributed by atoms with Gasteiger partial charge in [0.15, 0.2) is 0 Å². The molecular weight excluding hydrogens is 295 g/mol. The lowest BCUT2D eigenvalue weighted by atomic mass is 10.1. The fourth-order valence-corrected chi connectivity index (χ4v) is 3.89. The smallest absolute Gasteiger partial charge is 0.244 e. The molecular formula is C14H17FN2O3S. The van der Waals surface area contributed by atoms with E-state index in [1.165, 1.54) is 10.4 Å². The SMILES string of the molecule is NCC#Cc1cc(F)ccc1S(=O)(=O)N1CCCC(O)C1. The Hall–Kier alpha value is -1.46. The molecule has 1 aromatic rings. The molecule has 1 fully saturated rings. The van der Waals surface area contributed by atoms with Gasteiger partial charge in [0.25, 0.3) is 0 Å². The van der Waals surface area contributed by atoms with E-state index in [0.717, 1.165) is 12.1 Å². The van der Waals surface area contributed by atoms with Crippen molar-refractivity contribution in [2.75, 3.05) is 19.6 Å². The van der Waals surface area contributed by atoms with E-state index in [1.54, 1.807) is 0 Å². The van der Waals surface area contributed by atoms with Crippen LogP contribution in [0.5, 0.6) is 0 Å². The Morgan fingerprint density at radius 3 is 2.90 bits per heavy atom. The second kappa shape index (κ2) is 6.54. The standard InChI is InChI=1S/C14H17FN2O3S/c15-12-5-6-14(11(9-12)3-1-7-16)21(19,20)17-8-2-4-13(18)10-17/h5-6,9,13,18H,2,4,7-8,10,16H2. The maximum Gasteiger partial charge on any atom is 0.244 e. The second-order valence-electron chi connectivity index (χ2n) is 4.81. The Balaban J connectivity index is 2.44. The molecule has 0 radical (unpaired) electrons. The van der Waals surface area contributed by atoms with Gasteiger partial charge in [0.2, 0.25) is 10.0 Å². The summed E-state index contributed by atoms with van der Waals surface area (Å²) in [4.78, 5) is -0.0565. The molecule has 5 nitrogen and oxygen atoms in total. The number of piperidine rings is 1. The molecule has 114 valence electrons. The molecule has 1 unspecified atom stereocenters. The van der Waals surface area contributed by atoms with Crippen molar-refractivity contribution in [1.82, 2.24) is 4.31 Å². The van der Waals surface area contributed by atoms with Crippen molar-refractivity contribution in [1.29, 1.82) is 0 Å². The molecule has 1 atom stereocenters. The molecule has 1 heterocycles. The predicted octanol–water partition coefficient (Wildman–Crippen LogP) is 0.281. The number of halogens is 1. The van der Waals surface area contributed by atoms with Crippen LogP contribution in [0.3, 0.4) is 0 Å². The fourth-order valence-electron chi connectivity index (χ4n) is 2.25. The van der Waals surface area contributed by atoms with Gasteiger partial charge in [0, 0.05) is 18.7 Å². The predicted molar refractivity (Wildman–Crippen MR) is 76.3 cm³/mol. The largest absolute Gasteiger partial charge is 0.392 e. The average molecular weight is 312 g/mol. The Kier molecular flexibility index (Phi) is 4.96. The molecule has 7 heteroatoms. The molecule has 0 spiro atoms. The van der Waals surface area contributed by atoms with Crippen LogP contribution in [0.15, 0.2) is 23.1 Å². The molecule has 0 aliphatic carbocycles. The third-order valence-corrected chi connectivity index (χ3v) is 5.17. The van der Waals surface area contributed by atoms with Crippen molar-refractivity contribution in [2.45, 2.75) is 23.8 Å². The topological polar surface area (TPSA) is 83.6 Å². The van der Waals surface area contributed by atoms with E-state index >= 15 is 0 Å². The molecule has 21 heavy (non-hydrogen) atoms. The fraction of sp³-hybridized carbons (Fsp3) is 0.429. The van der Waals surface area contributed by atoms with Crippen LogP contribution in [0, 0.1) is 17.7 Å². The van der Waals surface area contributed by atoms with E-state index < -0.39 is 21.9 Å². The summed E-state index contributed by atoms with van der Waals surface area (Å²) in [5, 5.41) is 9.63. The van der Waals surface area contributed by atoms with Gasteiger partial charge in [-0.1, -0.05) is 11.8 Å². The van der Waals surface area contributed by atoms with Crippen molar-refractivity contribution in [3.63, 3.8) is 0 Å². The number of nitrogens with zero attached hydrogens (tertiary/aromatic N) is 1. The number of aliphatic hydroxyl groups excluding tert-OH is 1. The monoisotopic (exact) mass is 312 g/mol. The summed E-state index contributed by atoms with van der Waals surface area (Å²) in [6.45, 7) is 0.433. The molecule has 2 rings (SSSR count). The van der Waals surface area contributed by atoms with Gasteiger partial charge in [-0.3, -0.25) is 0 Å². The van der Waals surface area contributed by atoms with Gasteiger partial charge in [-0.15, -0.1) is 0 Å². The van der Waals surface area contributed by atoms with E-state index in [9.17, 15) is 17.9 Å². The van der Waals surface area contributed by atoms with Gasteiger partial charge in [-0.2, -0.15) is 4.31 Å². The molecule has 1 aliphatic rings. The first-order valence-electron chi connectivity index (χ1n) is 6.62. The second-order valence-corrected chi connectivity index (χ2v) is 6.71. The zero-order chi connectivity index (χ0) is 15.5. The summed E-state index contributed by atoms with van der Waals surface area (Å²) >= 11 is 0. The molecule has 0 bridgehead atoms. The number of sulfonamides is 1. The summed E-state index contributed by atoms with van der Waals surface area (Å²) in [6, 6.07) is 3.36. The van der Waals surface area contributed by atoms with Crippen molar-refractivity contribution in [2.24, 2.45) is 5.73 Å². The minimum atomic E-state index is -3.81. The Bertz CT molecular complexity index is 679. The average Bonchev–Trinajstić information content (AvgIpc) is 2.45. The lowest BCUT2D eigenvalue weighted by Gasteiger charge is -2.29. The number of nitrogens with two attached hydrogens (primary N) is 1. The number of hydrogen-bond acceptors (Lipinski definition) is 4. The quantitative estimate of drug-likeness (QED) is 0.769. The van der Waals surface area contributed by atoms with E-state index in [0.29, 0.717) is 19.4 Å². The number of aliphatic hydroxyl groups is 1. The maximum absolute atomic E-state index is 13.3. The van der Waals surface area contributed by atoms with Crippen molar-refractivity contribution >= 4 is 10.0 Å². The highest BCUT2D eigenvalue weighted by Gasteiger charge is 2.31. The number of rotatable bonds is 2. The van der Waals surface area contributed by atoms with Gasteiger partial charge in [0.1, 0.15) is 5.82 Å². The molecule has 0 aromatic heterocycles. The Morgan fingerprint density at radius 1 is 1.48 bits per heavy atom. The number of benzene rings is 1. The third kappa shape index (κ3) is 3.60. The molecule has 0 amide bonds. The summed E-state index contributed by atoms with van der Waals surface area (Å²) in [6.07, 6.45) is 0.494. The van der Waals surface area contributed by atoms with E-state index in [1.807, 2.05) is 0 Å². The summed E-state index contributed by atoms with van der Waals surface area (Å²) < 4.78 is 39.8. The van der Waals surface area contributed by atoms with Crippen molar-refractivity contribution in [3.05, 3.63) is 29.6 Å². The highest BCUT2D eigenvalue weighted by molar-refractivity contribution is 7.89. The van der Waals surface area contributed by atoms with Crippen molar-refractivity contribution < 1.29 is 17.9 Å². The zero-order valence-electron chi connectivity index (χ0n) is 11.4. The summed E-state index contributed by atoms with van der Waals surface area (Å²) in [5.41, 5.74) is 5.36. The third-order valence-electron chi connectivity index (χ3n) is 3.24.